The van der Waals surface area contributed by atoms with Gasteiger partial charge >= 0.3 is 23.9 Å². The van der Waals surface area contributed by atoms with E-state index in [1.165, 1.54) is 36.5 Å². The molecular weight excluding hydrogens is 562 g/mol. The zero-order valence-corrected chi connectivity index (χ0v) is 23.6. The Kier molecular flexibility index (Phi) is 9.03. The number of hydrogen-bond donors (Lipinski definition) is 0. The summed E-state index contributed by atoms with van der Waals surface area (Å²) in [6.07, 6.45) is -6.73. The number of rotatable bonds is 8. The molecule has 3 aromatic rings. The van der Waals surface area contributed by atoms with Gasteiger partial charge in [-0.25, -0.2) is 4.98 Å². The van der Waals surface area contributed by atoms with Gasteiger partial charge in [-0.2, -0.15) is 0 Å². The van der Waals surface area contributed by atoms with Gasteiger partial charge in [0.15, 0.2) is 12.2 Å². The molecule has 0 unspecified atom stereocenters. The van der Waals surface area contributed by atoms with E-state index in [0.717, 1.165) is 20.8 Å². The molecule has 1 aliphatic heterocycles. The third-order valence-electron chi connectivity index (χ3n) is 5.93. The van der Waals surface area contributed by atoms with Crippen molar-refractivity contribution in [2.75, 3.05) is 6.61 Å². The second kappa shape index (κ2) is 12.5. The summed E-state index contributed by atoms with van der Waals surface area (Å²) in [4.78, 5) is 64.9. The first-order valence-electron chi connectivity index (χ1n) is 12.4. The largest absolute Gasteiger partial charge is 0.463 e. The maximum Gasteiger partial charge on any atom is 0.303 e. The fourth-order valence-corrected chi connectivity index (χ4v) is 4.95. The van der Waals surface area contributed by atoms with E-state index in [1.54, 1.807) is 17.8 Å². The minimum atomic E-state index is -1.44. The third-order valence-corrected chi connectivity index (χ3v) is 6.52. The van der Waals surface area contributed by atoms with Crippen LogP contribution >= 0.6 is 11.3 Å². The van der Waals surface area contributed by atoms with Crippen LogP contribution in [0, 0.1) is 6.92 Å². The summed E-state index contributed by atoms with van der Waals surface area (Å²) in [7, 11) is 0. The van der Waals surface area contributed by atoms with Crippen LogP contribution in [0.2, 0.25) is 0 Å². The lowest BCUT2D eigenvalue weighted by Gasteiger charge is -2.43. The number of benzene rings is 1. The van der Waals surface area contributed by atoms with Gasteiger partial charge in [-0.1, -0.05) is 0 Å². The van der Waals surface area contributed by atoms with Crippen LogP contribution < -0.4 is 10.2 Å². The van der Waals surface area contributed by atoms with E-state index < -0.39 is 61.2 Å². The molecule has 13 nitrogen and oxygen atoms in total. The van der Waals surface area contributed by atoms with Crippen molar-refractivity contribution in [3.05, 3.63) is 45.1 Å². The third kappa shape index (κ3) is 6.89. The monoisotopic (exact) mass is 589 g/mol. The highest BCUT2D eigenvalue weighted by molar-refractivity contribution is 7.07. The lowest BCUT2D eigenvalue weighted by Crippen LogP contribution is -2.63. The molecule has 1 fully saturated rings. The van der Waals surface area contributed by atoms with Crippen molar-refractivity contribution < 1.29 is 52.0 Å². The summed E-state index contributed by atoms with van der Waals surface area (Å²) in [5.41, 5.74) is 2.37. The van der Waals surface area contributed by atoms with Crippen LogP contribution in [0.25, 0.3) is 22.2 Å². The average molecular weight is 590 g/mol. The van der Waals surface area contributed by atoms with Crippen molar-refractivity contribution in [3.63, 3.8) is 0 Å². The molecule has 14 heteroatoms. The quantitative estimate of drug-likeness (QED) is 0.278. The van der Waals surface area contributed by atoms with Gasteiger partial charge in [-0.3, -0.25) is 24.0 Å². The molecule has 1 saturated heterocycles. The van der Waals surface area contributed by atoms with E-state index in [2.05, 4.69) is 4.98 Å². The smallest absolute Gasteiger partial charge is 0.303 e. The molecule has 0 aliphatic carbocycles. The van der Waals surface area contributed by atoms with E-state index in [0.29, 0.717) is 17.0 Å². The number of fused-ring (bicyclic) bond motifs is 1. The Hall–Kier alpha value is -4.30. The second-order valence-corrected chi connectivity index (χ2v) is 9.80. The molecule has 1 aromatic carbocycles. The number of esters is 4. The topological polar surface area (TPSA) is 167 Å². The van der Waals surface area contributed by atoms with Gasteiger partial charge < -0.3 is 32.8 Å². The fraction of sp³-hybridized carbons (Fsp3) is 0.407. The SMILES string of the molecule is CC(=O)OC[C@H]1O[C@H](Oc2ccc3c(=O)c(-c4cscn4)c(C)oc3c2)[C@@H](OC(C)=O)[C@@H](OC(C)=O)[C@@H]1OC(C)=O. The number of thiazole rings is 1. The first kappa shape index (κ1) is 29.7. The molecule has 5 atom stereocenters. The molecule has 218 valence electrons. The fourth-order valence-electron chi connectivity index (χ4n) is 4.41. The summed E-state index contributed by atoms with van der Waals surface area (Å²) >= 11 is 1.35. The van der Waals surface area contributed by atoms with Crippen molar-refractivity contribution >= 4 is 46.2 Å². The van der Waals surface area contributed by atoms with Crippen LogP contribution in [0.3, 0.4) is 0 Å². The van der Waals surface area contributed by atoms with Crippen molar-refractivity contribution in [2.24, 2.45) is 0 Å². The highest BCUT2D eigenvalue weighted by Gasteiger charge is 2.53. The number of ether oxygens (including phenoxy) is 6. The van der Waals surface area contributed by atoms with Gasteiger partial charge in [0.05, 0.1) is 22.2 Å². The highest BCUT2D eigenvalue weighted by atomic mass is 32.1. The predicted molar refractivity (Wildman–Crippen MR) is 141 cm³/mol. The zero-order chi connectivity index (χ0) is 29.8. The van der Waals surface area contributed by atoms with Crippen LogP contribution in [0.4, 0.5) is 0 Å². The molecule has 4 rings (SSSR count). The summed E-state index contributed by atoms with van der Waals surface area (Å²) in [6.45, 7) is 5.79. The Bertz CT molecular complexity index is 1510. The molecule has 41 heavy (non-hydrogen) atoms. The molecule has 0 amide bonds. The molecular formula is C27H27NO12S. The maximum absolute atomic E-state index is 13.2. The minimum Gasteiger partial charge on any atom is -0.463 e. The molecule has 1 aliphatic rings. The zero-order valence-electron chi connectivity index (χ0n) is 22.7. The van der Waals surface area contributed by atoms with Crippen molar-refractivity contribution in [3.8, 4) is 17.0 Å². The van der Waals surface area contributed by atoms with Gasteiger partial charge in [-0.05, 0) is 19.1 Å². The molecule has 0 saturated carbocycles. The van der Waals surface area contributed by atoms with Gasteiger partial charge in [0.25, 0.3) is 0 Å². The molecule has 3 heterocycles. The Morgan fingerprint density at radius 3 is 2.20 bits per heavy atom. The Labute approximate surface area is 237 Å². The van der Waals surface area contributed by atoms with E-state index in [9.17, 15) is 24.0 Å². The highest BCUT2D eigenvalue weighted by Crippen LogP contribution is 2.32. The van der Waals surface area contributed by atoms with Crippen molar-refractivity contribution in [1.29, 1.82) is 0 Å². The molecule has 0 spiro atoms. The lowest BCUT2D eigenvalue weighted by molar-refractivity contribution is -0.288. The van der Waals surface area contributed by atoms with Gasteiger partial charge in [-0.15, -0.1) is 11.3 Å². The van der Waals surface area contributed by atoms with Crippen LogP contribution in [-0.4, -0.2) is 66.2 Å². The van der Waals surface area contributed by atoms with Crippen molar-refractivity contribution in [1.82, 2.24) is 4.98 Å². The van der Waals surface area contributed by atoms with Crippen LogP contribution in [0.5, 0.6) is 5.75 Å². The Morgan fingerprint density at radius 1 is 0.927 bits per heavy atom. The first-order valence-corrected chi connectivity index (χ1v) is 13.3. The lowest BCUT2D eigenvalue weighted by atomic mass is 9.98. The number of carbonyl (C=O) groups excluding carboxylic acids is 4. The van der Waals surface area contributed by atoms with Crippen LogP contribution in [0.15, 0.2) is 38.3 Å². The maximum atomic E-state index is 13.2. The Morgan fingerprint density at radius 2 is 1.59 bits per heavy atom. The molecule has 0 bridgehead atoms. The Balaban J connectivity index is 1.73. The summed E-state index contributed by atoms with van der Waals surface area (Å²) in [5, 5.41) is 2.01. The van der Waals surface area contributed by atoms with E-state index in [1.807, 2.05) is 0 Å². The number of nitrogens with zero attached hydrogens (tertiary/aromatic N) is 1. The number of aromatic nitrogens is 1. The molecule has 2 aromatic heterocycles. The summed E-state index contributed by atoms with van der Waals surface area (Å²) in [6, 6.07) is 4.42. The van der Waals surface area contributed by atoms with Crippen LogP contribution in [0.1, 0.15) is 33.5 Å². The van der Waals surface area contributed by atoms with Gasteiger partial charge in [0, 0.05) is 39.1 Å². The second-order valence-electron chi connectivity index (χ2n) is 9.08. The van der Waals surface area contributed by atoms with Gasteiger partial charge in [0.1, 0.15) is 29.8 Å². The minimum absolute atomic E-state index is 0.141. The number of aryl methyl sites for hydroxylation is 1. The van der Waals surface area contributed by atoms with Crippen molar-refractivity contribution in [2.45, 2.75) is 65.3 Å². The standard InChI is InChI=1S/C27H27NO12S/c1-12-22(19-10-41-11-28-19)23(33)18-7-6-17(8-20(18)35-12)39-27-26(38-16(5)32)25(37-15(4)31)24(36-14(3)30)21(40-27)9-34-13(2)29/h6-8,10-11,21,24-27H,9H2,1-5H3/t21-,24-,25+,26+,27+/m1/s1. The predicted octanol–water partition coefficient (Wildman–Crippen LogP) is 2.69. The summed E-state index contributed by atoms with van der Waals surface area (Å²) < 4.78 is 39.1. The van der Waals surface area contributed by atoms with E-state index in [-0.39, 0.29) is 22.1 Å². The number of carbonyl (C=O) groups is 4. The van der Waals surface area contributed by atoms with Crippen LogP contribution in [-0.2, 0) is 42.9 Å². The van der Waals surface area contributed by atoms with Gasteiger partial charge in [0.2, 0.25) is 17.8 Å². The first-order chi connectivity index (χ1) is 19.4. The van der Waals surface area contributed by atoms with E-state index >= 15 is 0 Å². The number of hydrogen-bond acceptors (Lipinski definition) is 14. The average Bonchev–Trinajstić information content (AvgIpc) is 3.40. The summed E-state index contributed by atoms with van der Waals surface area (Å²) in [5.74, 6) is -2.44. The molecule has 0 radical (unpaired) electrons. The normalized spacial score (nSPS) is 22.0. The molecule has 0 N–H and O–H groups in total. The van der Waals surface area contributed by atoms with E-state index in [4.69, 9.17) is 32.8 Å².